The van der Waals surface area contributed by atoms with Crippen LogP contribution in [0.25, 0.3) is 0 Å². The second-order valence-corrected chi connectivity index (χ2v) is 12.0. The first kappa shape index (κ1) is 32.6. The summed E-state index contributed by atoms with van der Waals surface area (Å²) in [6.45, 7) is 5.09. The van der Waals surface area contributed by atoms with Gasteiger partial charge >= 0.3 is 0 Å². The van der Waals surface area contributed by atoms with Crippen molar-refractivity contribution >= 4 is 46.4 Å². The summed E-state index contributed by atoms with van der Waals surface area (Å²) >= 11 is 0.569. The summed E-state index contributed by atoms with van der Waals surface area (Å²) in [5.74, 6) is -2.98. The van der Waals surface area contributed by atoms with Crippen LogP contribution in [0.4, 0.5) is 0 Å². The number of nitrogens with two attached hydrogens (primary N) is 1. The molecule has 3 N–H and O–H groups in total. The molecule has 1 aromatic carbocycles. The lowest BCUT2D eigenvalue weighted by atomic mass is 10.00. The minimum atomic E-state index is -1.99. The average molecular weight is 596 g/mol. The molecule has 3 rings (SSSR count). The fourth-order valence-electron chi connectivity index (χ4n) is 4.95. The summed E-state index contributed by atoms with van der Waals surface area (Å²) in [5, 5.41) is 2.03. The number of hydrogen-bond acceptors (Lipinski definition) is 9. The van der Waals surface area contributed by atoms with E-state index >= 15 is 0 Å². The molecule has 0 spiro atoms. The van der Waals surface area contributed by atoms with Gasteiger partial charge in [-0.1, -0.05) is 32.0 Å². The summed E-state index contributed by atoms with van der Waals surface area (Å²) in [4.78, 5) is 83.5. The molecule has 2 aromatic rings. The zero-order valence-electron chi connectivity index (χ0n) is 24.3. The van der Waals surface area contributed by atoms with E-state index in [1.165, 1.54) is 20.2 Å². The van der Waals surface area contributed by atoms with Crippen molar-refractivity contribution in [2.75, 3.05) is 13.6 Å². The van der Waals surface area contributed by atoms with Crippen LogP contribution in [0.3, 0.4) is 0 Å². The van der Waals surface area contributed by atoms with Crippen molar-refractivity contribution in [1.29, 1.82) is 0 Å². The number of pyridine rings is 1. The van der Waals surface area contributed by atoms with Gasteiger partial charge in [-0.25, -0.2) is 0 Å². The molecule has 224 valence electrons. The van der Waals surface area contributed by atoms with Crippen molar-refractivity contribution < 1.29 is 28.8 Å². The summed E-state index contributed by atoms with van der Waals surface area (Å²) in [6, 6.07) is 10.5. The number of carbonyl (C=O) groups excluding carboxylic acids is 6. The minimum absolute atomic E-state index is 0.0196. The Morgan fingerprint density at radius 3 is 2.17 bits per heavy atom. The first-order valence-corrected chi connectivity index (χ1v) is 14.6. The third kappa shape index (κ3) is 7.29. The maximum absolute atomic E-state index is 13.9. The molecular weight excluding hydrogens is 558 g/mol. The van der Waals surface area contributed by atoms with Crippen molar-refractivity contribution in [3.8, 4) is 0 Å². The van der Waals surface area contributed by atoms with Crippen LogP contribution < -0.4 is 11.1 Å². The molecule has 0 fully saturated rings. The van der Waals surface area contributed by atoms with Crippen molar-refractivity contribution in [2.24, 2.45) is 11.7 Å². The van der Waals surface area contributed by atoms with Crippen LogP contribution >= 0.6 is 11.8 Å². The molecule has 5 amide bonds. The lowest BCUT2D eigenvalue weighted by Crippen LogP contribution is -2.64. The van der Waals surface area contributed by atoms with Crippen molar-refractivity contribution in [2.45, 2.75) is 63.8 Å². The largest absolute Gasteiger partial charge is 0.356 e. The Kier molecular flexibility index (Phi) is 11.1. The number of likely N-dealkylation sites (N-methyl/N-ethyl adjacent to an activating group) is 1. The molecule has 0 radical (unpaired) electrons. The SMILES string of the molecule is CNC(=O)[C@@](Cc1ccccn1)(SC(C)=O)N(C(=O)CCCCN1C(=O)c2ccccc2C1=O)C(=O)[C@@H](N)CC(C)C. The highest BCUT2D eigenvalue weighted by molar-refractivity contribution is 8.15. The van der Waals surface area contributed by atoms with E-state index in [9.17, 15) is 28.8 Å². The van der Waals surface area contributed by atoms with Crippen molar-refractivity contribution in [3.05, 3.63) is 65.5 Å². The van der Waals surface area contributed by atoms with Crippen LogP contribution in [-0.2, 0) is 25.6 Å². The monoisotopic (exact) mass is 595 g/mol. The fraction of sp³-hybridized carbons (Fsp3) is 0.433. The van der Waals surface area contributed by atoms with E-state index in [2.05, 4.69) is 10.3 Å². The summed E-state index contributed by atoms with van der Waals surface area (Å²) in [6.07, 6.45) is 1.83. The van der Waals surface area contributed by atoms with Gasteiger partial charge in [0.1, 0.15) is 0 Å². The number of unbranched alkanes of at least 4 members (excludes halogenated alkanes) is 1. The number of benzene rings is 1. The normalized spacial score (nSPS) is 14.8. The van der Waals surface area contributed by atoms with Gasteiger partial charge in [-0.05, 0) is 61.2 Å². The van der Waals surface area contributed by atoms with Crippen LogP contribution in [0.1, 0.15) is 72.9 Å². The van der Waals surface area contributed by atoms with E-state index in [4.69, 9.17) is 5.73 Å². The van der Waals surface area contributed by atoms with E-state index in [0.717, 1.165) is 9.80 Å². The first-order valence-electron chi connectivity index (χ1n) is 13.8. The Labute approximate surface area is 249 Å². The number of carbonyl (C=O) groups is 6. The van der Waals surface area contributed by atoms with Crippen LogP contribution in [0.15, 0.2) is 48.7 Å². The molecule has 42 heavy (non-hydrogen) atoms. The second kappa shape index (κ2) is 14.3. The van der Waals surface area contributed by atoms with Gasteiger partial charge in [0.05, 0.1) is 17.2 Å². The highest BCUT2D eigenvalue weighted by atomic mass is 32.2. The average Bonchev–Trinajstić information content (AvgIpc) is 3.19. The zero-order chi connectivity index (χ0) is 31.0. The molecule has 11 nitrogen and oxygen atoms in total. The number of thioether (sulfide) groups is 1. The number of amides is 5. The van der Waals surface area contributed by atoms with Gasteiger partial charge in [0.25, 0.3) is 17.7 Å². The van der Waals surface area contributed by atoms with Gasteiger partial charge in [-0.3, -0.25) is 43.6 Å². The molecule has 0 saturated carbocycles. The molecule has 1 aliphatic heterocycles. The summed E-state index contributed by atoms with van der Waals surface area (Å²) in [5.41, 5.74) is 7.32. The standard InChI is InChI=1S/C30H37N5O6S/c1-19(2)17-24(31)28(40)35(30(29(41)32-4,42-20(3)36)18-21-11-7-9-15-33-21)25(37)14-8-10-16-34-26(38)22-12-5-6-13-23(22)27(34)39/h5-7,9,11-13,15,19,24H,8,10,14,16-18,31H2,1-4H3,(H,32,41)/t24-,30+/m0/s1. The molecule has 1 aromatic heterocycles. The molecule has 1 aliphatic rings. The number of nitrogens with one attached hydrogen (secondary N) is 1. The quantitative estimate of drug-likeness (QED) is 0.201. The van der Waals surface area contributed by atoms with Crippen molar-refractivity contribution in [3.63, 3.8) is 0 Å². The third-order valence-electron chi connectivity index (χ3n) is 6.82. The zero-order valence-corrected chi connectivity index (χ0v) is 25.1. The predicted molar refractivity (Wildman–Crippen MR) is 158 cm³/mol. The first-order chi connectivity index (χ1) is 19.9. The summed E-state index contributed by atoms with van der Waals surface area (Å²) in [7, 11) is 1.36. The number of imide groups is 2. The molecule has 12 heteroatoms. The Balaban J connectivity index is 1.89. The molecular formula is C30H37N5O6S. The third-order valence-corrected chi connectivity index (χ3v) is 7.95. The van der Waals surface area contributed by atoms with Crippen molar-refractivity contribution in [1.82, 2.24) is 20.1 Å². The Morgan fingerprint density at radius 1 is 1.02 bits per heavy atom. The molecule has 0 aliphatic carbocycles. The van der Waals surface area contributed by atoms with Gasteiger partial charge in [0.15, 0.2) is 9.99 Å². The molecule has 2 heterocycles. The van der Waals surface area contributed by atoms with E-state index in [0.29, 0.717) is 28.6 Å². The topological polar surface area (TPSA) is 160 Å². The number of aromatic nitrogens is 1. The van der Waals surface area contributed by atoms with Gasteiger partial charge in [-0.15, -0.1) is 0 Å². The second-order valence-electron chi connectivity index (χ2n) is 10.5. The van der Waals surface area contributed by atoms with E-state index in [-0.39, 0.29) is 44.6 Å². The highest BCUT2D eigenvalue weighted by Gasteiger charge is 2.52. The number of nitrogens with zero attached hydrogens (tertiary/aromatic N) is 3. The van der Waals surface area contributed by atoms with E-state index < -0.39 is 45.6 Å². The predicted octanol–water partition coefficient (Wildman–Crippen LogP) is 2.54. The van der Waals surface area contributed by atoms with Crippen LogP contribution in [-0.4, -0.2) is 73.9 Å². The van der Waals surface area contributed by atoms with Gasteiger partial charge < -0.3 is 11.1 Å². The smallest absolute Gasteiger partial charge is 0.261 e. The van der Waals surface area contributed by atoms with E-state index in [1.54, 1.807) is 42.5 Å². The van der Waals surface area contributed by atoms with Crippen LogP contribution in [0.2, 0.25) is 0 Å². The maximum Gasteiger partial charge on any atom is 0.261 e. The molecule has 2 atom stereocenters. The summed E-state index contributed by atoms with van der Waals surface area (Å²) < 4.78 is 0. The highest BCUT2D eigenvalue weighted by Crippen LogP contribution is 2.36. The molecule has 0 bridgehead atoms. The lowest BCUT2D eigenvalue weighted by molar-refractivity contribution is -0.155. The van der Waals surface area contributed by atoms with Crippen LogP contribution in [0, 0.1) is 5.92 Å². The number of hydrogen-bond donors (Lipinski definition) is 2. The Hall–Kier alpha value is -3.90. The number of rotatable bonds is 13. The lowest BCUT2D eigenvalue weighted by Gasteiger charge is -2.41. The van der Waals surface area contributed by atoms with Gasteiger partial charge in [0, 0.05) is 45.2 Å². The Morgan fingerprint density at radius 2 is 1.64 bits per heavy atom. The molecule has 0 saturated heterocycles. The van der Waals surface area contributed by atoms with Gasteiger partial charge in [0.2, 0.25) is 11.8 Å². The number of fused-ring (bicyclic) bond motifs is 1. The Bertz CT molecular complexity index is 1320. The van der Waals surface area contributed by atoms with Gasteiger partial charge in [-0.2, -0.15) is 0 Å². The van der Waals surface area contributed by atoms with Crippen LogP contribution in [0.5, 0.6) is 0 Å². The minimum Gasteiger partial charge on any atom is -0.356 e. The molecule has 0 unspecified atom stereocenters. The van der Waals surface area contributed by atoms with E-state index in [1.807, 2.05) is 13.8 Å². The maximum atomic E-state index is 13.9. The fourth-order valence-corrected chi connectivity index (χ4v) is 6.12.